The van der Waals surface area contributed by atoms with E-state index in [0.29, 0.717) is 49.4 Å². The van der Waals surface area contributed by atoms with E-state index in [1.165, 1.54) is 28.6 Å². The van der Waals surface area contributed by atoms with Crippen molar-refractivity contribution in [1.29, 1.82) is 0 Å². The van der Waals surface area contributed by atoms with Gasteiger partial charge in [0.2, 0.25) is 5.91 Å². The smallest absolute Gasteiger partial charge is 0.309 e. The number of piperidine rings is 1. The lowest BCUT2D eigenvalue weighted by Gasteiger charge is -2.30. The molecule has 2 N–H and O–H groups in total. The number of likely N-dealkylation sites (tertiary alicyclic amines) is 1. The number of esters is 1. The van der Waals surface area contributed by atoms with Crippen LogP contribution in [0.4, 0.5) is 5.82 Å². The molecule has 1 aliphatic heterocycles. The average Bonchev–Trinajstić information content (AvgIpc) is 3.10. The number of carbonyl (C=O) groups is 2. The zero-order valence-electron chi connectivity index (χ0n) is 17.5. The van der Waals surface area contributed by atoms with Crippen LogP contribution in [-0.4, -0.2) is 52.2 Å². The Kier molecular flexibility index (Phi) is 6.48. The highest BCUT2D eigenvalue weighted by atomic mass is 32.2. The van der Waals surface area contributed by atoms with Gasteiger partial charge in [-0.25, -0.2) is 9.97 Å². The Balaban J connectivity index is 1.37. The van der Waals surface area contributed by atoms with Gasteiger partial charge in [-0.15, -0.1) is 11.3 Å². The van der Waals surface area contributed by atoms with E-state index < -0.39 is 0 Å². The second-order valence-electron chi connectivity index (χ2n) is 8.12. The van der Waals surface area contributed by atoms with Crippen molar-refractivity contribution in [3.05, 3.63) is 10.4 Å². The standard InChI is InChI=1S/C21H28N4O3S2/c1-3-28-20(27)13-6-8-25(9-7-13)16(26)11-29-21-23-18(22)17-14-5-4-12(2)10-15(14)30-19(17)24-21/h12-13H,3-11H2,1-2H3,(H2,22,23,24). The monoisotopic (exact) mass is 448 g/mol. The van der Waals surface area contributed by atoms with Gasteiger partial charge in [0.05, 0.1) is 23.7 Å². The van der Waals surface area contributed by atoms with Gasteiger partial charge in [0, 0.05) is 18.0 Å². The van der Waals surface area contributed by atoms with Crippen LogP contribution in [0.15, 0.2) is 5.16 Å². The van der Waals surface area contributed by atoms with Crippen LogP contribution in [0, 0.1) is 11.8 Å². The number of nitrogens with two attached hydrogens (primary N) is 1. The summed E-state index contributed by atoms with van der Waals surface area (Å²) in [6.07, 6.45) is 4.61. The van der Waals surface area contributed by atoms with Gasteiger partial charge in [0.25, 0.3) is 0 Å². The molecule has 162 valence electrons. The van der Waals surface area contributed by atoms with Crippen molar-refractivity contribution in [3.8, 4) is 0 Å². The van der Waals surface area contributed by atoms with Crippen LogP contribution in [0.2, 0.25) is 0 Å². The molecule has 2 aromatic heterocycles. The minimum atomic E-state index is -0.149. The van der Waals surface area contributed by atoms with Crippen molar-refractivity contribution in [1.82, 2.24) is 14.9 Å². The number of hydrogen-bond acceptors (Lipinski definition) is 8. The number of thioether (sulfide) groups is 1. The first-order chi connectivity index (χ1) is 14.5. The molecule has 9 heteroatoms. The molecule has 1 saturated heterocycles. The van der Waals surface area contributed by atoms with Gasteiger partial charge in [-0.05, 0) is 50.5 Å². The molecule has 2 aliphatic rings. The molecule has 0 aromatic carbocycles. The molecular weight excluding hydrogens is 420 g/mol. The van der Waals surface area contributed by atoms with Crippen molar-refractivity contribution in [2.24, 2.45) is 11.8 Å². The molecule has 1 aliphatic carbocycles. The predicted octanol–water partition coefficient (Wildman–Crippen LogP) is 3.29. The van der Waals surface area contributed by atoms with Crippen molar-refractivity contribution < 1.29 is 14.3 Å². The molecule has 2 aromatic rings. The highest BCUT2D eigenvalue weighted by Crippen LogP contribution is 2.40. The normalized spacial score (nSPS) is 19.7. The van der Waals surface area contributed by atoms with Crippen molar-refractivity contribution in [2.75, 3.05) is 31.2 Å². The first-order valence-electron chi connectivity index (χ1n) is 10.6. The van der Waals surface area contributed by atoms with E-state index in [9.17, 15) is 9.59 Å². The molecule has 1 unspecified atom stereocenters. The maximum atomic E-state index is 12.6. The number of rotatable bonds is 5. The molecule has 3 heterocycles. The molecule has 1 atom stereocenters. The van der Waals surface area contributed by atoms with E-state index in [0.717, 1.165) is 23.1 Å². The van der Waals surface area contributed by atoms with Crippen LogP contribution < -0.4 is 5.73 Å². The quantitative estimate of drug-likeness (QED) is 0.426. The maximum Gasteiger partial charge on any atom is 0.309 e. The van der Waals surface area contributed by atoms with E-state index in [2.05, 4.69) is 11.9 Å². The molecule has 7 nitrogen and oxygen atoms in total. The third-order valence-corrected chi connectivity index (χ3v) is 7.94. The number of nitrogen functional groups attached to an aromatic ring is 1. The summed E-state index contributed by atoms with van der Waals surface area (Å²) in [5.41, 5.74) is 7.60. The van der Waals surface area contributed by atoms with Gasteiger partial charge in [-0.2, -0.15) is 0 Å². The van der Waals surface area contributed by atoms with Crippen LogP contribution >= 0.6 is 23.1 Å². The van der Waals surface area contributed by atoms with Gasteiger partial charge in [0.15, 0.2) is 5.16 Å². The fourth-order valence-electron chi connectivity index (χ4n) is 4.26. The second-order valence-corrected chi connectivity index (χ2v) is 10.1. The summed E-state index contributed by atoms with van der Waals surface area (Å²) in [4.78, 5) is 37.8. The van der Waals surface area contributed by atoms with E-state index in [1.54, 1.807) is 11.3 Å². The summed E-state index contributed by atoms with van der Waals surface area (Å²) in [7, 11) is 0. The Bertz CT molecular complexity index is 953. The summed E-state index contributed by atoms with van der Waals surface area (Å²) < 4.78 is 5.09. The SMILES string of the molecule is CCOC(=O)C1CCN(C(=O)CSc2nc(N)c3c4c(sc3n2)CC(C)CC4)CC1. The van der Waals surface area contributed by atoms with Gasteiger partial charge < -0.3 is 15.4 Å². The number of ether oxygens (including phenoxy) is 1. The molecule has 1 amide bonds. The molecule has 4 rings (SSSR count). The molecule has 30 heavy (non-hydrogen) atoms. The highest BCUT2D eigenvalue weighted by Gasteiger charge is 2.28. The van der Waals surface area contributed by atoms with Crippen molar-refractivity contribution >= 4 is 51.0 Å². The van der Waals surface area contributed by atoms with Crippen LogP contribution in [0.25, 0.3) is 10.2 Å². The van der Waals surface area contributed by atoms with Crippen LogP contribution in [0.3, 0.4) is 0 Å². The Hall–Kier alpha value is -1.87. The fraction of sp³-hybridized carbons (Fsp3) is 0.619. The van der Waals surface area contributed by atoms with E-state index in [-0.39, 0.29) is 23.5 Å². The lowest BCUT2D eigenvalue weighted by molar-refractivity contribution is -0.151. The molecule has 0 radical (unpaired) electrons. The number of carbonyl (C=O) groups excluding carboxylic acids is 2. The Labute approximate surface area is 184 Å². The third kappa shape index (κ3) is 4.42. The summed E-state index contributed by atoms with van der Waals surface area (Å²) in [5.74, 6) is 1.29. The number of aryl methyl sites for hydroxylation is 1. The van der Waals surface area contributed by atoms with E-state index in [4.69, 9.17) is 15.5 Å². The van der Waals surface area contributed by atoms with Gasteiger partial charge in [0.1, 0.15) is 10.6 Å². The van der Waals surface area contributed by atoms with Crippen LogP contribution in [0.5, 0.6) is 0 Å². The van der Waals surface area contributed by atoms with Gasteiger partial charge in [-0.3, -0.25) is 9.59 Å². The number of fused-ring (bicyclic) bond motifs is 3. The van der Waals surface area contributed by atoms with Crippen molar-refractivity contribution in [2.45, 2.75) is 51.1 Å². The number of amides is 1. The first kappa shape index (κ1) is 21.4. The lowest BCUT2D eigenvalue weighted by Crippen LogP contribution is -2.41. The molecule has 0 bridgehead atoms. The first-order valence-corrected chi connectivity index (χ1v) is 12.4. The molecule has 0 spiro atoms. The minimum absolute atomic E-state index is 0.0453. The fourth-order valence-corrected chi connectivity index (χ4v) is 6.46. The third-order valence-electron chi connectivity index (χ3n) is 5.95. The Morgan fingerprint density at radius 3 is 2.77 bits per heavy atom. The van der Waals surface area contributed by atoms with E-state index in [1.807, 2.05) is 11.8 Å². The van der Waals surface area contributed by atoms with Gasteiger partial charge in [-0.1, -0.05) is 18.7 Å². The number of nitrogens with zero attached hydrogens (tertiary/aromatic N) is 3. The lowest BCUT2D eigenvalue weighted by atomic mass is 9.89. The van der Waals surface area contributed by atoms with Crippen LogP contribution in [-0.2, 0) is 27.2 Å². The number of thiophene rings is 1. The number of aromatic nitrogens is 2. The second kappa shape index (κ2) is 9.09. The van der Waals surface area contributed by atoms with Gasteiger partial charge >= 0.3 is 5.97 Å². The summed E-state index contributed by atoms with van der Waals surface area (Å²) in [6.45, 7) is 5.66. The Morgan fingerprint density at radius 1 is 1.27 bits per heavy atom. The average molecular weight is 449 g/mol. The number of hydrogen-bond donors (Lipinski definition) is 1. The Morgan fingerprint density at radius 2 is 2.03 bits per heavy atom. The van der Waals surface area contributed by atoms with Crippen molar-refractivity contribution in [3.63, 3.8) is 0 Å². The van der Waals surface area contributed by atoms with Crippen LogP contribution in [0.1, 0.15) is 43.6 Å². The molecular formula is C21H28N4O3S2. The summed E-state index contributed by atoms with van der Waals surface area (Å²) in [5, 5.41) is 1.57. The molecule has 1 fully saturated rings. The topological polar surface area (TPSA) is 98.4 Å². The minimum Gasteiger partial charge on any atom is -0.466 e. The largest absolute Gasteiger partial charge is 0.466 e. The predicted molar refractivity (Wildman–Crippen MR) is 120 cm³/mol. The van der Waals surface area contributed by atoms with E-state index >= 15 is 0 Å². The maximum absolute atomic E-state index is 12.6. The zero-order valence-corrected chi connectivity index (χ0v) is 19.1. The number of anilines is 1. The zero-order chi connectivity index (χ0) is 21.3. The molecule has 0 saturated carbocycles. The summed E-state index contributed by atoms with van der Waals surface area (Å²) >= 11 is 3.05. The highest BCUT2D eigenvalue weighted by molar-refractivity contribution is 7.99. The summed E-state index contributed by atoms with van der Waals surface area (Å²) in [6, 6.07) is 0.